The van der Waals surface area contributed by atoms with Gasteiger partial charge in [0.2, 0.25) is 0 Å². The Hall–Kier alpha value is -2.96. The summed E-state index contributed by atoms with van der Waals surface area (Å²) in [4.78, 5) is 2.50. The molecular weight excluding hydrogens is 358 g/mol. The van der Waals surface area contributed by atoms with E-state index in [0.29, 0.717) is 23.2 Å². The van der Waals surface area contributed by atoms with Gasteiger partial charge in [0, 0.05) is 24.8 Å². The van der Waals surface area contributed by atoms with Crippen LogP contribution in [0.1, 0.15) is 30.1 Å². The maximum atomic E-state index is 10.4. The predicted octanol–water partition coefficient (Wildman–Crippen LogP) is 1.51. The van der Waals surface area contributed by atoms with Crippen LogP contribution < -0.4 is 0 Å². The number of piperidine rings is 1. The summed E-state index contributed by atoms with van der Waals surface area (Å²) in [6, 6.07) is 4.57. The Balaban J connectivity index is 1.41. The number of hydrogen-bond donors (Lipinski definition) is 1. The molecule has 28 heavy (non-hydrogen) atoms. The topological polar surface area (TPSA) is 104 Å². The summed E-state index contributed by atoms with van der Waals surface area (Å²) in [6.45, 7) is 5.80. The second-order valence-electron chi connectivity index (χ2n) is 7.50. The average Bonchev–Trinajstić information content (AvgIpc) is 3.24. The minimum atomic E-state index is 0.0107. The molecule has 5 heterocycles. The van der Waals surface area contributed by atoms with Crippen LogP contribution >= 0.6 is 0 Å². The Morgan fingerprint density at radius 2 is 2.04 bits per heavy atom. The van der Waals surface area contributed by atoms with E-state index in [1.54, 1.807) is 12.3 Å². The van der Waals surface area contributed by atoms with Crippen LogP contribution in [0.25, 0.3) is 16.8 Å². The Morgan fingerprint density at radius 1 is 1.25 bits per heavy atom. The number of aromatic hydroxyl groups is 1. The van der Waals surface area contributed by atoms with Gasteiger partial charge in [0.15, 0.2) is 0 Å². The van der Waals surface area contributed by atoms with Gasteiger partial charge in [0.1, 0.15) is 28.6 Å². The lowest BCUT2D eigenvalue weighted by molar-refractivity contribution is -0.0735. The lowest BCUT2D eigenvalue weighted by Gasteiger charge is -2.41. The molecule has 144 valence electrons. The van der Waals surface area contributed by atoms with E-state index in [-0.39, 0.29) is 5.75 Å². The molecule has 0 saturated carbocycles. The summed E-state index contributed by atoms with van der Waals surface area (Å²) in [5.74, 6) is 0.0107. The number of likely N-dealkylation sites (tertiary alicyclic amines) is 1. The predicted molar refractivity (Wildman–Crippen MR) is 99.8 cm³/mol. The van der Waals surface area contributed by atoms with Crippen LogP contribution in [0.15, 0.2) is 18.5 Å². The Kier molecular flexibility index (Phi) is 4.03. The van der Waals surface area contributed by atoms with Crippen molar-refractivity contribution >= 4 is 5.52 Å². The molecular formula is C19H21N7O2. The lowest BCUT2D eigenvalue weighted by atomic mass is 10.0. The van der Waals surface area contributed by atoms with Gasteiger partial charge in [-0.15, -0.1) is 5.10 Å². The van der Waals surface area contributed by atoms with E-state index in [1.165, 1.54) is 10.7 Å². The van der Waals surface area contributed by atoms with Gasteiger partial charge >= 0.3 is 0 Å². The summed E-state index contributed by atoms with van der Waals surface area (Å²) in [7, 11) is 0. The monoisotopic (exact) mass is 379 g/mol. The molecule has 0 atom stereocenters. The first-order valence-corrected chi connectivity index (χ1v) is 9.50. The van der Waals surface area contributed by atoms with Gasteiger partial charge < -0.3 is 9.84 Å². The van der Waals surface area contributed by atoms with Crippen LogP contribution in [0.5, 0.6) is 5.75 Å². The molecule has 0 unspecified atom stereocenters. The number of aromatic nitrogens is 5. The molecule has 0 spiro atoms. The molecule has 5 rings (SSSR count). The fourth-order valence-corrected chi connectivity index (χ4v) is 4.20. The van der Waals surface area contributed by atoms with Crippen molar-refractivity contribution < 1.29 is 9.84 Å². The van der Waals surface area contributed by atoms with Gasteiger partial charge in [-0.05, 0) is 25.8 Å². The van der Waals surface area contributed by atoms with Gasteiger partial charge in [-0.1, -0.05) is 5.21 Å². The van der Waals surface area contributed by atoms with Crippen molar-refractivity contribution in [3.05, 3.63) is 29.7 Å². The molecule has 0 aliphatic carbocycles. The fraction of sp³-hybridized carbons (Fsp3) is 0.474. The van der Waals surface area contributed by atoms with Gasteiger partial charge in [-0.2, -0.15) is 10.4 Å². The number of ether oxygens (including phenoxy) is 1. The van der Waals surface area contributed by atoms with E-state index >= 15 is 0 Å². The van der Waals surface area contributed by atoms with Crippen LogP contribution in [0.3, 0.4) is 0 Å². The van der Waals surface area contributed by atoms with Crippen molar-refractivity contribution in [2.75, 3.05) is 26.3 Å². The highest BCUT2D eigenvalue weighted by Crippen LogP contribution is 2.32. The summed E-state index contributed by atoms with van der Waals surface area (Å²) in [5, 5.41) is 32.5. The normalized spacial score (nSPS) is 19.0. The van der Waals surface area contributed by atoms with Gasteiger partial charge in [-0.25, -0.2) is 9.20 Å². The second-order valence-corrected chi connectivity index (χ2v) is 7.50. The van der Waals surface area contributed by atoms with Gasteiger partial charge in [-0.3, -0.25) is 4.90 Å². The average molecular weight is 379 g/mol. The SMILES string of the molecule is Cc1c(-c2cc(O)c3c(C#N)cnn3c2)nnn1C1CCN(C2COC2)CC1. The molecule has 2 aliphatic rings. The zero-order valence-electron chi connectivity index (χ0n) is 15.6. The minimum absolute atomic E-state index is 0.0107. The largest absolute Gasteiger partial charge is 0.506 e. The van der Waals surface area contributed by atoms with Crippen LogP contribution in [-0.4, -0.2) is 67.0 Å². The third-order valence-corrected chi connectivity index (χ3v) is 5.89. The summed E-state index contributed by atoms with van der Waals surface area (Å²) in [5.41, 5.74) is 3.17. The number of rotatable bonds is 3. The van der Waals surface area contributed by atoms with E-state index in [9.17, 15) is 5.11 Å². The highest BCUT2D eigenvalue weighted by Gasteiger charge is 2.31. The van der Waals surface area contributed by atoms with Crippen molar-refractivity contribution in [1.29, 1.82) is 5.26 Å². The molecule has 9 nitrogen and oxygen atoms in total. The van der Waals surface area contributed by atoms with E-state index < -0.39 is 0 Å². The first-order chi connectivity index (χ1) is 13.7. The van der Waals surface area contributed by atoms with Crippen LogP contribution in [0.4, 0.5) is 0 Å². The van der Waals surface area contributed by atoms with Crippen molar-refractivity contribution in [2.24, 2.45) is 0 Å². The number of nitrogens with zero attached hydrogens (tertiary/aromatic N) is 7. The highest BCUT2D eigenvalue weighted by atomic mass is 16.5. The maximum Gasteiger partial charge on any atom is 0.143 e. The molecule has 0 radical (unpaired) electrons. The van der Waals surface area contributed by atoms with E-state index in [2.05, 4.69) is 20.3 Å². The van der Waals surface area contributed by atoms with Crippen LogP contribution in [0, 0.1) is 18.3 Å². The minimum Gasteiger partial charge on any atom is -0.506 e. The van der Waals surface area contributed by atoms with Crippen molar-refractivity contribution in [3.8, 4) is 23.1 Å². The number of fused-ring (bicyclic) bond motifs is 1. The summed E-state index contributed by atoms with van der Waals surface area (Å²) in [6.07, 6.45) is 5.30. The molecule has 1 N–H and O–H groups in total. The molecule has 2 saturated heterocycles. The van der Waals surface area contributed by atoms with Crippen LogP contribution in [0.2, 0.25) is 0 Å². The molecule has 3 aromatic rings. The van der Waals surface area contributed by atoms with Gasteiger partial charge in [0.25, 0.3) is 0 Å². The molecule has 0 bridgehead atoms. The Labute approximate surface area is 161 Å². The number of nitriles is 1. The summed E-state index contributed by atoms with van der Waals surface area (Å²) >= 11 is 0. The van der Waals surface area contributed by atoms with Crippen LogP contribution in [-0.2, 0) is 4.74 Å². The molecule has 2 fully saturated rings. The first-order valence-electron chi connectivity index (χ1n) is 9.50. The molecule has 9 heteroatoms. The van der Waals surface area contributed by atoms with E-state index in [0.717, 1.165) is 56.1 Å². The highest BCUT2D eigenvalue weighted by molar-refractivity contribution is 5.74. The number of pyridine rings is 1. The summed E-state index contributed by atoms with van der Waals surface area (Å²) < 4.78 is 8.83. The zero-order chi connectivity index (χ0) is 19.3. The number of hydrogen-bond acceptors (Lipinski definition) is 7. The quantitative estimate of drug-likeness (QED) is 0.735. The van der Waals surface area contributed by atoms with Gasteiger partial charge in [0.05, 0.1) is 37.2 Å². The third-order valence-electron chi connectivity index (χ3n) is 5.89. The smallest absolute Gasteiger partial charge is 0.143 e. The lowest BCUT2D eigenvalue weighted by Crippen LogP contribution is -2.52. The third kappa shape index (κ3) is 2.65. The van der Waals surface area contributed by atoms with Crippen molar-refractivity contribution in [3.63, 3.8) is 0 Å². The van der Waals surface area contributed by atoms with Crippen molar-refractivity contribution in [1.82, 2.24) is 29.5 Å². The maximum absolute atomic E-state index is 10.4. The standard InChI is InChI=1S/C19H21N7O2/c1-12-18(13-6-17(27)19-14(7-20)8-21-25(19)9-13)22-23-26(12)15-2-4-24(5-3-15)16-10-28-11-16/h6,8-9,15-16,27H,2-5,10-11H2,1H3. The Bertz CT molecular complexity index is 1070. The zero-order valence-corrected chi connectivity index (χ0v) is 15.6. The molecule has 0 amide bonds. The van der Waals surface area contributed by atoms with E-state index in [4.69, 9.17) is 10.00 Å². The van der Waals surface area contributed by atoms with E-state index in [1.807, 2.05) is 17.7 Å². The molecule has 0 aromatic carbocycles. The molecule has 3 aromatic heterocycles. The van der Waals surface area contributed by atoms with Crippen molar-refractivity contribution in [2.45, 2.75) is 31.8 Å². The first kappa shape index (κ1) is 17.2. The molecule has 2 aliphatic heterocycles. The fourth-order valence-electron chi connectivity index (χ4n) is 4.20. The Morgan fingerprint density at radius 3 is 2.71 bits per heavy atom. The second kappa shape index (κ2) is 6.58.